The van der Waals surface area contributed by atoms with Gasteiger partial charge < -0.3 is 11.1 Å². The number of nitrogens with two attached hydrogens (primary N) is 1. The zero-order valence-corrected chi connectivity index (χ0v) is 14.7. The third-order valence-corrected chi connectivity index (χ3v) is 4.19. The standard InChI is InChI=1S/C18H14Cl2FN3O/c1-9(25)15-16(10-3-2-4-14(21)7-10)23-18(22)24-17(15)11-5-12(19)8-13(20)6-11/h2-8,17H,1H3,(H3,22,23,24). The molecule has 3 rings (SSSR count). The predicted octanol–water partition coefficient (Wildman–Crippen LogP) is 4.09. The molecule has 2 aromatic carbocycles. The molecular weight excluding hydrogens is 364 g/mol. The van der Waals surface area contributed by atoms with Gasteiger partial charge in [-0.2, -0.15) is 0 Å². The Kier molecular flexibility index (Phi) is 4.79. The van der Waals surface area contributed by atoms with E-state index in [1.54, 1.807) is 30.3 Å². The van der Waals surface area contributed by atoms with Crippen molar-refractivity contribution in [3.05, 3.63) is 75.0 Å². The van der Waals surface area contributed by atoms with E-state index in [0.717, 1.165) is 0 Å². The van der Waals surface area contributed by atoms with E-state index in [1.807, 2.05) is 0 Å². The van der Waals surface area contributed by atoms with Gasteiger partial charge in [-0.15, -0.1) is 0 Å². The molecule has 0 fully saturated rings. The number of hydrogen-bond donors (Lipinski definition) is 2. The van der Waals surface area contributed by atoms with Crippen LogP contribution in [-0.4, -0.2) is 11.7 Å². The first kappa shape index (κ1) is 17.5. The van der Waals surface area contributed by atoms with Crippen LogP contribution in [0.4, 0.5) is 4.39 Å². The highest BCUT2D eigenvalue weighted by Gasteiger charge is 2.29. The van der Waals surface area contributed by atoms with E-state index in [2.05, 4.69) is 10.3 Å². The molecule has 1 aliphatic rings. The van der Waals surface area contributed by atoms with Crippen molar-refractivity contribution in [1.29, 1.82) is 0 Å². The van der Waals surface area contributed by atoms with Gasteiger partial charge in [-0.25, -0.2) is 9.38 Å². The first-order valence-corrected chi connectivity index (χ1v) is 8.18. The average molecular weight is 378 g/mol. The van der Waals surface area contributed by atoms with Crippen LogP contribution in [0.15, 0.2) is 53.0 Å². The van der Waals surface area contributed by atoms with Gasteiger partial charge in [-0.05, 0) is 42.8 Å². The number of ketones is 1. The Hall–Kier alpha value is -2.37. The number of carbonyl (C=O) groups excluding carboxylic acids is 1. The molecule has 1 unspecified atom stereocenters. The van der Waals surface area contributed by atoms with E-state index in [-0.39, 0.29) is 11.7 Å². The Bertz CT molecular complexity index is 904. The summed E-state index contributed by atoms with van der Waals surface area (Å²) in [4.78, 5) is 16.7. The summed E-state index contributed by atoms with van der Waals surface area (Å²) in [5.41, 5.74) is 7.80. The molecule has 0 aromatic heterocycles. The van der Waals surface area contributed by atoms with Crippen LogP contribution >= 0.6 is 23.2 Å². The molecule has 1 atom stereocenters. The van der Waals surface area contributed by atoms with E-state index >= 15 is 0 Å². The molecule has 0 radical (unpaired) electrons. The summed E-state index contributed by atoms with van der Waals surface area (Å²) in [5.74, 6) is -0.521. The van der Waals surface area contributed by atoms with Crippen LogP contribution in [0.3, 0.4) is 0 Å². The van der Waals surface area contributed by atoms with Gasteiger partial charge in [0.1, 0.15) is 11.9 Å². The third kappa shape index (κ3) is 3.67. The second kappa shape index (κ2) is 6.86. The lowest BCUT2D eigenvalue weighted by Crippen LogP contribution is -2.36. The number of hydrogen-bond acceptors (Lipinski definition) is 4. The fraction of sp³-hybridized carbons (Fsp3) is 0.111. The summed E-state index contributed by atoms with van der Waals surface area (Å²) < 4.78 is 13.6. The Morgan fingerprint density at radius 3 is 2.48 bits per heavy atom. The molecule has 0 amide bonds. The Balaban J connectivity index is 2.22. The fourth-order valence-electron chi connectivity index (χ4n) is 2.78. The molecule has 25 heavy (non-hydrogen) atoms. The zero-order valence-electron chi connectivity index (χ0n) is 13.2. The van der Waals surface area contributed by atoms with Gasteiger partial charge in [0.15, 0.2) is 11.7 Å². The maximum absolute atomic E-state index is 13.6. The molecule has 0 saturated carbocycles. The van der Waals surface area contributed by atoms with Gasteiger partial charge in [-0.1, -0.05) is 35.3 Å². The van der Waals surface area contributed by atoms with Gasteiger partial charge in [0.2, 0.25) is 0 Å². The molecule has 128 valence electrons. The second-order valence-electron chi connectivity index (χ2n) is 5.60. The number of rotatable bonds is 3. The van der Waals surface area contributed by atoms with Gasteiger partial charge in [-0.3, -0.25) is 4.79 Å². The maximum atomic E-state index is 13.6. The van der Waals surface area contributed by atoms with E-state index < -0.39 is 11.9 Å². The minimum atomic E-state index is -0.687. The van der Waals surface area contributed by atoms with Crippen molar-refractivity contribution in [2.45, 2.75) is 13.0 Å². The van der Waals surface area contributed by atoms with Crippen LogP contribution in [0.5, 0.6) is 0 Å². The molecule has 7 heteroatoms. The van der Waals surface area contributed by atoms with E-state index in [9.17, 15) is 9.18 Å². The first-order valence-electron chi connectivity index (χ1n) is 7.42. The molecular formula is C18H14Cl2FN3O. The van der Waals surface area contributed by atoms with Crippen LogP contribution in [0.2, 0.25) is 10.0 Å². The minimum absolute atomic E-state index is 0.116. The number of guanidine groups is 1. The topological polar surface area (TPSA) is 67.5 Å². The highest BCUT2D eigenvalue weighted by Crippen LogP contribution is 2.36. The molecule has 1 heterocycles. The SMILES string of the molecule is CC(=O)C1=C(c2cccc(F)c2)NC(N)=NC1c1cc(Cl)cc(Cl)c1. The summed E-state index contributed by atoms with van der Waals surface area (Å²) >= 11 is 12.2. The van der Waals surface area contributed by atoms with Crippen LogP contribution < -0.4 is 11.1 Å². The molecule has 0 saturated heterocycles. The van der Waals surface area contributed by atoms with Gasteiger partial charge in [0.25, 0.3) is 0 Å². The number of halogens is 3. The third-order valence-electron chi connectivity index (χ3n) is 3.76. The molecule has 3 N–H and O–H groups in total. The zero-order chi connectivity index (χ0) is 18.1. The molecule has 2 aromatic rings. The van der Waals surface area contributed by atoms with Crippen molar-refractivity contribution >= 4 is 40.6 Å². The van der Waals surface area contributed by atoms with Crippen molar-refractivity contribution in [2.75, 3.05) is 0 Å². The number of nitrogens with one attached hydrogen (secondary N) is 1. The van der Waals surface area contributed by atoms with Crippen molar-refractivity contribution in [3.63, 3.8) is 0 Å². The monoisotopic (exact) mass is 377 g/mol. The fourth-order valence-corrected chi connectivity index (χ4v) is 3.33. The average Bonchev–Trinajstić information content (AvgIpc) is 2.52. The lowest BCUT2D eigenvalue weighted by Gasteiger charge is -2.26. The highest BCUT2D eigenvalue weighted by molar-refractivity contribution is 6.34. The van der Waals surface area contributed by atoms with Crippen molar-refractivity contribution in [1.82, 2.24) is 5.32 Å². The smallest absolute Gasteiger partial charge is 0.194 e. The molecule has 0 aliphatic carbocycles. The normalized spacial score (nSPS) is 17.1. The first-order chi connectivity index (χ1) is 11.8. The van der Waals surface area contributed by atoms with E-state index in [0.29, 0.717) is 32.4 Å². The van der Waals surface area contributed by atoms with Gasteiger partial charge in [0, 0.05) is 21.2 Å². The van der Waals surface area contributed by atoms with Crippen LogP contribution in [0.25, 0.3) is 5.70 Å². The predicted molar refractivity (Wildman–Crippen MR) is 98.0 cm³/mol. The van der Waals surface area contributed by atoms with E-state index in [4.69, 9.17) is 28.9 Å². The van der Waals surface area contributed by atoms with Crippen LogP contribution in [0, 0.1) is 5.82 Å². The maximum Gasteiger partial charge on any atom is 0.194 e. The van der Waals surface area contributed by atoms with Crippen molar-refractivity contribution in [2.24, 2.45) is 10.7 Å². The number of aliphatic imine (C=N–C) groups is 1. The Labute approximate surface area is 154 Å². The summed E-state index contributed by atoms with van der Waals surface area (Å²) in [6.07, 6.45) is 0. The van der Waals surface area contributed by atoms with Crippen molar-refractivity contribution in [3.8, 4) is 0 Å². The Morgan fingerprint density at radius 1 is 1.20 bits per heavy atom. The number of carbonyl (C=O) groups is 1. The molecule has 0 bridgehead atoms. The van der Waals surface area contributed by atoms with Crippen LogP contribution in [0.1, 0.15) is 24.1 Å². The van der Waals surface area contributed by atoms with Gasteiger partial charge in [0.05, 0.1) is 5.70 Å². The van der Waals surface area contributed by atoms with Crippen molar-refractivity contribution < 1.29 is 9.18 Å². The largest absolute Gasteiger partial charge is 0.370 e. The number of nitrogens with zero attached hydrogens (tertiary/aromatic N) is 1. The minimum Gasteiger partial charge on any atom is -0.370 e. The molecule has 0 spiro atoms. The highest BCUT2D eigenvalue weighted by atomic mass is 35.5. The summed E-state index contributed by atoms with van der Waals surface area (Å²) in [6.45, 7) is 1.42. The quantitative estimate of drug-likeness (QED) is 0.846. The number of Topliss-reactive ketones (excluding diaryl/α,β-unsaturated/α-hetero) is 1. The lowest BCUT2D eigenvalue weighted by atomic mass is 9.91. The Morgan fingerprint density at radius 2 is 1.88 bits per heavy atom. The van der Waals surface area contributed by atoms with E-state index in [1.165, 1.54) is 19.1 Å². The van der Waals surface area contributed by atoms with Crippen LogP contribution in [-0.2, 0) is 4.79 Å². The molecule has 4 nitrogen and oxygen atoms in total. The number of benzene rings is 2. The van der Waals surface area contributed by atoms with Gasteiger partial charge >= 0.3 is 0 Å². The second-order valence-corrected chi connectivity index (χ2v) is 6.47. The molecule has 1 aliphatic heterocycles. The summed E-state index contributed by atoms with van der Waals surface area (Å²) in [5, 5.41) is 3.72. The summed E-state index contributed by atoms with van der Waals surface area (Å²) in [7, 11) is 0. The lowest BCUT2D eigenvalue weighted by molar-refractivity contribution is -0.113. The summed E-state index contributed by atoms with van der Waals surface area (Å²) in [6, 6.07) is 10.1.